The van der Waals surface area contributed by atoms with Gasteiger partial charge in [-0.05, 0) is 18.6 Å². The van der Waals surface area contributed by atoms with Crippen molar-refractivity contribution in [2.45, 2.75) is 12.6 Å². The largest absolute Gasteiger partial charge is 0.417 e. The van der Waals surface area contributed by atoms with Gasteiger partial charge in [0.1, 0.15) is 0 Å². The van der Waals surface area contributed by atoms with E-state index in [1.54, 1.807) is 6.08 Å². The highest BCUT2D eigenvalue weighted by molar-refractivity contribution is 5.95. The molecule has 1 amide bonds. The van der Waals surface area contributed by atoms with Crippen LogP contribution in [0.15, 0.2) is 36.9 Å². The molecule has 5 heteroatoms. The molecule has 0 bridgehead atoms. The second-order valence-corrected chi connectivity index (χ2v) is 3.38. The van der Waals surface area contributed by atoms with Crippen molar-refractivity contribution in [1.82, 2.24) is 5.32 Å². The van der Waals surface area contributed by atoms with Gasteiger partial charge < -0.3 is 5.32 Å². The van der Waals surface area contributed by atoms with Gasteiger partial charge in [0.15, 0.2) is 0 Å². The Balaban J connectivity index is 2.90. The molecule has 0 aliphatic heterocycles. The number of amides is 1. The number of alkyl halides is 3. The molecule has 0 aliphatic rings. The summed E-state index contributed by atoms with van der Waals surface area (Å²) >= 11 is 0. The van der Waals surface area contributed by atoms with E-state index < -0.39 is 17.6 Å². The summed E-state index contributed by atoms with van der Waals surface area (Å²) in [4.78, 5) is 11.5. The number of hydrogen-bond acceptors (Lipinski definition) is 1. The van der Waals surface area contributed by atoms with Crippen molar-refractivity contribution in [2.24, 2.45) is 0 Å². The zero-order valence-corrected chi connectivity index (χ0v) is 9.05. The van der Waals surface area contributed by atoms with Crippen LogP contribution in [0.1, 0.15) is 22.3 Å². The van der Waals surface area contributed by atoms with Crippen molar-refractivity contribution in [3.8, 4) is 0 Å². The van der Waals surface area contributed by atoms with Crippen LogP contribution in [0.2, 0.25) is 0 Å². The third-order valence-electron chi connectivity index (χ3n) is 2.11. The summed E-state index contributed by atoms with van der Waals surface area (Å²) < 4.78 is 37.8. The first-order valence-electron chi connectivity index (χ1n) is 5.02. The Bertz CT molecular complexity index is 412. The van der Waals surface area contributed by atoms with Crippen LogP contribution >= 0.6 is 0 Å². The quantitative estimate of drug-likeness (QED) is 0.639. The normalized spacial score (nSPS) is 11.0. The Hall–Kier alpha value is -1.78. The van der Waals surface area contributed by atoms with Crippen LogP contribution in [-0.4, -0.2) is 12.5 Å². The highest BCUT2D eigenvalue weighted by Gasteiger charge is 2.34. The van der Waals surface area contributed by atoms with Gasteiger partial charge >= 0.3 is 6.18 Å². The number of carbonyl (C=O) groups is 1. The number of carbonyl (C=O) groups excluding carboxylic acids is 1. The summed E-state index contributed by atoms with van der Waals surface area (Å²) in [5.74, 6) is -0.722. The smallest absolute Gasteiger partial charge is 0.352 e. The summed E-state index contributed by atoms with van der Waals surface area (Å²) in [5, 5.41) is 2.40. The maximum absolute atomic E-state index is 12.6. The first-order chi connectivity index (χ1) is 7.96. The maximum Gasteiger partial charge on any atom is 0.417 e. The lowest BCUT2D eigenvalue weighted by atomic mass is 10.1. The average molecular weight is 243 g/mol. The predicted molar refractivity (Wildman–Crippen MR) is 58.6 cm³/mol. The van der Waals surface area contributed by atoms with Crippen molar-refractivity contribution < 1.29 is 18.0 Å². The van der Waals surface area contributed by atoms with Crippen molar-refractivity contribution in [1.29, 1.82) is 0 Å². The molecule has 1 rings (SSSR count). The van der Waals surface area contributed by atoms with Gasteiger partial charge in [-0.2, -0.15) is 13.2 Å². The van der Waals surface area contributed by atoms with Crippen LogP contribution in [0.3, 0.4) is 0 Å². The molecule has 0 heterocycles. The lowest BCUT2D eigenvalue weighted by Crippen LogP contribution is -2.26. The van der Waals surface area contributed by atoms with E-state index in [0.29, 0.717) is 6.42 Å². The van der Waals surface area contributed by atoms with Crippen LogP contribution in [-0.2, 0) is 6.18 Å². The molecule has 1 aromatic carbocycles. The second-order valence-electron chi connectivity index (χ2n) is 3.38. The summed E-state index contributed by atoms with van der Waals surface area (Å²) in [6, 6.07) is 4.70. The number of benzene rings is 1. The second kappa shape index (κ2) is 5.52. The molecule has 0 aliphatic carbocycles. The van der Waals surface area contributed by atoms with Crippen LogP contribution < -0.4 is 5.32 Å². The fraction of sp³-hybridized carbons (Fsp3) is 0.250. The summed E-state index contributed by atoms with van der Waals surface area (Å²) in [7, 11) is 0. The van der Waals surface area contributed by atoms with Crippen molar-refractivity contribution in [3.05, 3.63) is 48.0 Å². The Kier molecular flexibility index (Phi) is 4.31. The lowest BCUT2D eigenvalue weighted by Gasteiger charge is -2.12. The van der Waals surface area contributed by atoms with Gasteiger partial charge in [0, 0.05) is 6.54 Å². The van der Waals surface area contributed by atoms with Crippen molar-refractivity contribution >= 4 is 5.91 Å². The molecule has 0 saturated carbocycles. The number of hydrogen-bond donors (Lipinski definition) is 1. The molecule has 0 fully saturated rings. The average Bonchev–Trinajstić information content (AvgIpc) is 2.28. The highest BCUT2D eigenvalue weighted by Crippen LogP contribution is 2.31. The van der Waals surface area contributed by atoms with Crippen LogP contribution in [0, 0.1) is 0 Å². The molecule has 2 nitrogen and oxygen atoms in total. The van der Waals surface area contributed by atoms with Gasteiger partial charge in [0.05, 0.1) is 11.1 Å². The van der Waals surface area contributed by atoms with E-state index in [4.69, 9.17) is 0 Å². The number of rotatable bonds is 4. The maximum atomic E-state index is 12.6. The minimum atomic E-state index is -4.52. The Morgan fingerprint density at radius 2 is 2.00 bits per heavy atom. The topological polar surface area (TPSA) is 29.1 Å². The van der Waals surface area contributed by atoms with E-state index in [1.807, 2.05) is 0 Å². The predicted octanol–water partition coefficient (Wildman–Crippen LogP) is 3.01. The summed E-state index contributed by atoms with van der Waals surface area (Å²) in [6.45, 7) is 3.73. The van der Waals surface area contributed by atoms with Gasteiger partial charge in [-0.15, -0.1) is 6.58 Å². The molecule has 0 radical (unpaired) electrons. The van der Waals surface area contributed by atoms with Crippen LogP contribution in [0.25, 0.3) is 0 Å². The minimum Gasteiger partial charge on any atom is -0.352 e. The molecule has 0 aromatic heterocycles. The van der Waals surface area contributed by atoms with Crippen molar-refractivity contribution in [3.63, 3.8) is 0 Å². The lowest BCUT2D eigenvalue weighted by molar-refractivity contribution is -0.137. The van der Waals surface area contributed by atoms with E-state index in [9.17, 15) is 18.0 Å². The van der Waals surface area contributed by atoms with Gasteiger partial charge in [0.25, 0.3) is 5.91 Å². The monoisotopic (exact) mass is 243 g/mol. The molecule has 0 saturated heterocycles. The Morgan fingerprint density at radius 3 is 2.59 bits per heavy atom. The van der Waals surface area contributed by atoms with E-state index in [-0.39, 0.29) is 12.1 Å². The highest BCUT2D eigenvalue weighted by atomic mass is 19.4. The molecular weight excluding hydrogens is 231 g/mol. The fourth-order valence-electron chi connectivity index (χ4n) is 1.31. The molecule has 0 atom stereocenters. The first-order valence-corrected chi connectivity index (χ1v) is 5.02. The Labute approximate surface area is 97.1 Å². The zero-order valence-electron chi connectivity index (χ0n) is 9.05. The summed E-state index contributed by atoms with van der Waals surface area (Å²) in [5.41, 5.74) is -1.28. The molecule has 1 N–H and O–H groups in total. The number of halogens is 3. The van der Waals surface area contributed by atoms with Gasteiger partial charge in [-0.3, -0.25) is 4.79 Å². The molecule has 17 heavy (non-hydrogen) atoms. The third kappa shape index (κ3) is 3.62. The number of nitrogens with one attached hydrogen (secondary N) is 1. The van der Waals surface area contributed by atoms with Gasteiger partial charge in [-0.25, -0.2) is 0 Å². The summed E-state index contributed by atoms with van der Waals surface area (Å²) in [6.07, 6.45) is -2.43. The Morgan fingerprint density at radius 1 is 1.35 bits per heavy atom. The van der Waals surface area contributed by atoms with Gasteiger partial charge in [0.2, 0.25) is 0 Å². The third-order valence-corrected chi connectivity index (χ3v) is 2.11. The zero-order chi connectivity index (χ0) is 12.9. The molecule has 0 unspecified atom stereocenters. The SMILES string of the molecule is C=CCCNC(=O)c1ccccc1C(F)(F)F. The van der Waals surface area contributed by atoms with E-state index >= 15 is 0 Å². The van der Waals surface area contributed by atoms with E-state index in [1.165, 1.54) is 12.1 Å². The minimum absolute atomic E-state index is 0.272. The van der Waals surface area contributed by atoms with Crippen LogP contribution in [0.4, 0.5) is 13.2 Å². The molecule has 1 aromatic rings. The first kappa shape index (κ1) is 13.3. The van der Waals surface area contributed by atoms with Crippen molar-refractivity contribution in [2.75, 3.05) is 6.54 Å². The van der Waals surface area contributed by atoms with E-state index in [0.717, 1.165) is 12.1 Å². The molecule has 0 spiro atoms. The molecule has 92 valence electrons. The fourth-order valence-corrected chi connectivity index (χ4v) is 1.31. The van der Waals surface area contributed by atoms with Crippen LogP contribution in [0.5, 0.6) is 0 Å². The van der Waals surface area contributed by atoms with Gasteiger partial charge in [-0.1, -0.05) is 18.2 Å². The standard InChI is InChI=1S/C12H12F3NO/c1-2-3-8-16-11(17)9-6-4-5-7-10(9)12(13,14)15/h2,4-7H,1,3,8H2,(H,16,17). The van der Waals surface area contributed by atoms with E-state index in [2.05, 4.69) is 11.9 Å². The molecular formula is C12H12F3NO.